The second kappa shape index (κ2) is 12.4. The molecule has 0 spiro atoms. The van der Waals surface area contributed by atoms with E-state index in [-0.39, 0.29) is 20.6 Å². The van der Waals surface area contributed by atoms with E-state index in [4.69, 9.17) is 9.47 Å². The molecule has 0 aromatic heterocycles. The molecular formula is C24H36N2O6. The summed E-state index contributed by atoms with van der Waals surface area (Å²) in [6, 6.07) is 5.35. The second-order valence-electron chi connectivity index (χ2n) is 8.20. The van der Waals surface area contributed by atoms with Gasteiger partial charge in [-0.3, -0.25) is 24.6 Å². The lowest BCUT2D eigenvalue weighted by atomic mass is 9.85. The Morgan fingerprint density at radius 3 is 2.66 bits per heavy atom. The maximum absolute atomic E-state index is 13.2. The van der Waals surface area contributed by atoms with E-state index in [0.717, 1.165) is 6.42 Å². The van der Waals surface area contributed by atoms with Crippen LogP contribution in [0.15, 0.2) is 24.3 Å². The van der Waals surface area contributed by atoms with Crippen LogP contribution in [0, 0.1) is 5.92 Å². The minimum atomic E-state index is -1.12. The number of hydrogen-bond acceptors (Lipinski definition) is 6. The molecule has 0 radical (unpaired) electrons. The van der Waals surface area contributed by atoms with Gasteiger partial charge in [0, 0.05) is 0 Å². The molecule has 0 bridgehead atoms. The normalized spacial score (nSPS) is 19.7. The summed E-state index contributed by atoms with van der Waals surface area (Å²) < 4.78 is 11.1. The van der Waals surface area contributed by atoms with Crippen LogP contribution in [0.4, 0.5) is 5.69 Å². The van der Waals surface area contributed by atoms with Gasteiger partial charge in [0.1, 0.15) is 31.0 Å². The zero-order chi connectivity index (χ0) is 22.2. The summed E-state index contributed by atoms with van der Waals surface area (Å²) in [6.45, 7) is 1.53. The number of aliphatic carboxylic acids is 1. The van der Waals surface area contributed by atoms with E-state index in [1.54, 1.807) is 31.2 Å². The van der Waals surface area contributed by atoms with Crippen molar-refractivity contribution >= 4 is 23.5 Å². The predicted molar refractivity (Wildman–Crippen MR) is 122 cm³/mol. The van der Waals surface area contributed by atoms with E-state index in [2.05, 4.69) is 5.32 Å². The number of esters is 1. The highest BCUT2D eigenvalue weighted by atomic mass is 16.5. The highest BCUT2D eigenvalue weighted by Crippen LogP contribution is 2.31. The van der Waals surface area contributed by atoms with Crippen LogP contribution < -0.4 is 15.0 Å². The zero-order valence-corrected chi connectivity index (χ0v) is 18.0. The van der Waals surface area contributed by atoms with E-state index in [1.807, 2.05) is 0 Å². The Morgan fingerprint density at radius 1 is 1.25 bits per heavy atom. The van der Waals surface area contributed by atoms with Crippen LogP contribution >= 0.6 is 0 Å². The van der Waals surface area contributed by atoms with Gasteiger partial charge in [-0.05, 0) is 37.8 Å². The molecule has 3 rings (SSSR count). The fraction of sp³-hybridized carbons (Fsp3) is 0.625. The first-order valence-electron chi connectivity index (χ1n) is 11.2. The predicted octanol–water partition coefficient (Wildman–Crippen LogP) is 3.38. The number of nitrogens with zero attached hydrogens (tertiary/aromatic N) is 1. The van der Waals surface area contributed by atoms with Crippen LogP contribution in [0.25, 0.3) is 0 Å². The molecular weight excluding hydrogens is 412 g/mol. The van der Waals surface area contributed by atoms with Crippen molar-refractivity contribution in [3.63, 3.8) is 0 Å². The van der Waals surface area contributed by atoms with Gasteiger partial charge in [-0.25, -0.2) is 0 Å². The van der Waals surface area contributed by atoms with Crippen LogP contribution in [0.1, 0.15) is 59.3 Å². The molecule has 1 aliphatic carbocycles. The number of carboxylic acids is 1. The highest BCUT2D eigenvalue weighted by molar-refractivity contribution is 6.02. The standard InChI is InChI=1S/C23H32N2O6.CH4/c1-2-30-23(29)17(13-12-16-8-4-3-5-9-16)24-18-15-31-20-11-7-6-10-19(20)25(22(18)28)14-21(26)27;/h6-7,10-11,16-18,24H,2-5,8-9,12-15H2,1H3,(H,26,27);1H4/t17?,18-;/m0./s1. The molecule has 1 aromatic rings. The summed E-state index contributed by atoms with van der Waals surface area (Å²) in [6.07, 6.45) is 7.50. The Hall–Kier alpha value is -2.61. The van der Waals surface area contributed by atoms with Crippen LogP contribution in [0.2, 0.25) is 0 Å². The molecule has 32 heavy (non-hydrogen) atoms. The first kappa shape index (κ1) is 25.6. The Morgan fingerprint density at radius 2 is 1.97 bits per heavy atom. The van der Waals surface area contributed by atoms with Crippen molar-refractivity contribution in [2.45, 2.75) is 71.4 Å². The lowest BCUT2D eigenvalue weighted by molar-refractivity contribution is -0.146. The van der Waals surface area contributed by atoms with Gasteiger partial charge in [0.15, 0.2) is 0 Å². The minimum Gasteiger partial charge on any atom is -0.489 e. The lowest BCUT2D eigenvalue weighted by Crippen LogP contribution is -2.54. The molecule has 1 heterocycles. The molecule has 0 saturated heterocycles. The van der Waals surface area contributed by atoms with E-state index in [1.165, 1.54) is 37.0 Å². The Labute approximate surface area is 190 Å². The summed E-state index contributed by atoms with van der Waals surface area (Å²) in [4.78, 5) is 38.5. The quantitative estimate of drug-likeness (QED) is 0.558. The summed E-state index contributed by atoms with van der Waals surface area (Å²) in [5.74, 6) is -0.919. The number of amides is 1. The first-order valence-corrected chi connectivity index (χ1v) is 11.2. The molecule has 2 atom stereocenters. The van der Waals surface area contributed by atoms with Crippen molar-refractivity contribution in [3.8, 4) is 5.75 Å². The topological polar surface area (TPSA) is 105 Å². The third-order valence-corrected chi connectivity index (χ3v) is 5.98. The Bertz CT molecular complexity index is 778. The molecule has 178 valence electrons. The van der Waals surface area contributed by atoms with Gasteiger partial charge in [-0.2, -0.15) is 0 Å². The number of carbonyl (C=O) groups excluding carboxylic acids is 2. The molecule has 1 fully saturated rings. The fourth-order valence-corrected chi connectivity index (χ4v) is 4.40. The molecule has 1 unspecified atom stereocenters. The van der Waals surface area contributed by atoms with Gasteiger partial charge in [0.2, 0.25) is 5.91 Å². The van der Waals surface area contributed by atoms with E-state index in [0.29, 0.717) is 23.8 Å². The van der Waals surface area contributed by atoms with Crippen LogP contribution in [0.3, 0.4) is 0 Å². The smallest absolute Gasteiger partial charge is 0.323 e. The number of rotatable bonds is 9. The molecule has 2 N–H and O–H groups in total. The first-order chi connectivity index (χ1) is 15.0. The number of anilines is 1. The third-order valence-electron chi connectivity index (χ3n) is 5.98. The maximum Gasteiger partial charge on any atom is 0.323 e. The van der Waals surface area contributed by atoms with Crippen LogP contribution in [0.5, 0.6) is 5.75 Å². The Balaban J connectivity index is 0.00000363. The van der Waals surface area contributed by atoms with E-state index >= 15 is 0 Å². The monoisotopic (exact) mass is 448 g/mol. The summed E-state index contributed by atoms with van der Waals surface area (Å²) in [5.41, 5.74) is 0.411. The summed E-state index contributed by atoms with van der Waals surface area (Å²) in [5, 5.41) is 12.5. The summed E-state index contributed by atoms with van der Waals surface area (Å²) in [7, 11) is 0. The Kier molecular flexibility index (Phi) is 9.97. The number of ether oxygens (including phenoxy) is 2. The zero-order valence-electron chi connectivity index (χ0n) is 18.0. The molecule has 8 nitrogen and oxygen atoms in total. The van der Waals surface area contributed by atoms with E-state index in [9.17, 15) is 19.5 Å². The SMILES string of the molecule is C.CCOC(=O)C(CCC1CCCCC1)N[C@H]1COc2ccccc2N(CC(=O)O)C1=O. The van der Waals surface area contributed by atoms with Crippen LogP contribution in [-0.4, -0.2) is 54.8 Å². The van der Waals surface area contributed by atoms with Crippen molar-refractivity contribution in [1.82, 2.24) is 5.32 Å². The number of carbonyl (C=O) groups is 3. The van der Waals surface area contributed by atoms with Crippen molar-refractivity contribution in [1.29, 1.82) is 0 Å². The van der Waals surface area contributed by atoms with Gasteiger partial charge in [0.25, 0.3) is 0 Å². The average molecular weight is 449 g/mol. The second-order valence-corrected chi connectivity index (χ2v) is 8.20. The van der Waals surface area contributed by atoms with Gasteiger partial charge in [0.05, 0.1) is 12.3 Å². The molecule has 1 aromatic carbocycles. The minimum absolute atomic E-state index is 0. The lowest BCUT2D eigenvalue weighted by Gasteiger charge is -2.27. The van der Waals surface area contributed by atoms with Crippen molar-refractivity contribution in [3.05, 3.63) is 24.3 Å². The molecule has 2 aliphatic rings. The number of para-hydroxylation sites is 2. The maximum atomic E-state index is 13.2. The number of nitrogens with one attached hydrogen (secondary N) is 1. The van der Waals surface area contributed by atoms with Crippen LogP contribution in [-0.2, 0) is 19.1 Å². The number of fused-ring (bicyclic) bond motifs is 1. The van der Waals surface area contributed by atoms with Crippen molar-refractivity contribution in [2.24, 2.45) is 5.92 Å². The third kappa shape index (κ3) is 6.69. The average Bonchev–Trinajstić information content (AvgIpc) is 2.89. The molecule has 8 heteroatoms. The van der Waals surface area contributed by atoms with Gasteiger partial charge in [-0.15, -0.1) is 0 Å². The van der Waals surface area contributed by atoms with Gasteiger partial charge < -0.3 is 14.6 Å². The van der Waals surface area contributed by atoms with Crippen molar-refractivity contribution < 1.29 is 29.0 Å². The summed E-state index contributed by atoms with van der Waals surface area (Å²) >= 11 is 0. The fourth-order valence-electron chi connectivity index (χ4n) is 4.40. The van der Waals surface area contributed by atoms with Crippen molar-refractivity contribution in [2.75, 3.05) is 24.7 Å². The molecule has 1 saturated carbocycles. The van der Waals surface area contributed by atoms with Gasteiger partial charge >= 0.3 is 11.9 Å². The molecule has 1 amide bonds. The van der Waals surface area contributed by atoms with E-state index < -0.39 is 36.5 Å². The number of carboxylic acid groups (broad SMARTS) is 1. The van der Waals surface area contributed by atoms with Gasteiger partial charge in [-0.1, -0.05) is 51.7 Å². The molecule has 1 aliphatic heterocycles. The number of hydrogen-bond donors (Lipinski definition) is 2. The highest BCUT2D eigenvalue weighted by Gasteiger charge is 2.35. The largest absolute Gasteiger partial charge is 0.489 e. The number of benzene rings is 1.